The molecule has 0 aliphatic carbocycles. The van der Waals surface area contributed by atoms with Crippen LogP contribution in [0, 0.1) is 0 Å². The van der Waals surface area contributed by atoms with Crippen molar-refractivity contribution in [2.24, 2.45) is 5.84 Å². The number of allylic oxidation sites excluding steroid dienone is 2. The molecule has 6 heteroatoms. The molecule has 6 nitrogen and oxygen atoms in total. The van der Waals surface area contributed by atoms with Gasteiger partial charge in [0.25, 0.3) is 5.91 Å². The number of nitrogens with zero attached hydrogens (tertiary/aromatic N) is 2. The Bertz CT molecular complexity index is 591. The van der Waals surface area contributed by atoms with Crippen LogP contribution >= 0.6 is 0 Å². The van der Waals surface area contributed by atoms with E-state index in [-0.39, 0.29) is 17.5 Å². The highest BCUT2D eigenvalue weighted by atomic mass is 16.2. The standard InChI is InChI=1S/C18H29N5O/c1-5-8-14(12-11-13(3)22(4)6-2)23(21)18(24)17-15(19)9-7-10-16(17)20/h5,7-10,14H,3,6,11-12,19-21H2,1-2,4H3/b8-5+. The number of hydrogen-bond acceptors (Lipinski definition) is 5. The summed E-state index contributed by atoms with van der Waals surface area (Å²) in [6.07, 6.45) is 5.18. The van der Waals surface area contributed by atoms with Crippen LogP contribution in [0.25, 0.3) is 0 Å². The number of anilines is 2. The van der Waals surface area contributed by atoms with E-state index in [1.165, 1.54) is 5.01 Å². The summed E-state index contributed by atoms with van der Waals surface area (Å²) in [5.74, 6) is 5.70. The molecule has 0 saturated heterocycles. The first-order valence-electron chi connectivity index (χ1n) is 8.07. The van der Waals surface area contributed by atoms with Crippen LogP contribution in [0.15, 0.2) is 42.6 Å². The number of benzene rings is 1. The first-order valence-corrected chi connectivity index (χ1v) is 8.07. The van der Waals surface area contributed by atoms with Crippen molar-refractivity contribution in [1.29, 1.82) is 0 Å². The number of nitrogen functional groups attached to an aromatic ring is 2. The molecule has 1 rings (SSSR count). The summed E-state index contributed by atoms with van der Waals surface area (Å²) in [7, 11) is 1.99. The third-order valence-corrected chi connectivity index (χ3v) is 4.09. The van der Waals surface area contributed by atoms with Gasteiger partial charge in [-0.3, -0.25) is 9.80 Å². The third kappa shape index (κ3) is 4.76. The number of rotatable bonds is 8. The predicted molar refractivity (Wildman–Crippen MR) is 101 cm³/mol. The van der Waals surface area contributed by atoms with Crippen LogP contribution in [-0.2, 0) is 0 Å². The number of hydrogen-bond donors (Lipinski definition) is 3. The minimum absolute atomic E-state index is 0.249. The molecule has 0 heterocycles. The van der Waals surface area contributed by atoms with Crippen LogP contribution in [0.1, 0.15) is 37.0 Å². The lowest BCUT2D eigenvalue weighted by Crippen LogP contribution is -2.45. The fourth-order valence-electron chi connectivity index (χ4n) is 2.39. The van der Waals surface area contributed by atoms with E-state index in [0.29, 0.717) is 17.8 Å². The average Bonchev–Trinajstić information content (AvgIpc) is 2.56. The summed E-state index contributed by atoms with van der Waals surface area (Å²) in [5, 5.41) is 1.20. The first-order chi connectivity index (χ1) is 11.3. The summed E-state index contributed by atoms with van der Waals surface area (Å²) in [6.45, 7) is 8.91. The predicted octanol–water partition coefficient (Wildman–Crippen LogP) is 2.36. The molecular formula is C18H29N5O. The quantitative estimate of drug-likeness (QED) is 0.223. The number of carbonyl (C=O) groups is 1. The highest BCUT2D eigenvalue weighted by Crippen LogP contribution is 2.22. The zero-order valence-electron chi connectivity index (χ0n) is 14.8. The van der Waals surface area contributed by atoms with Crippen LogP contribution in [0.4, 0.5) is 11.4 Å². The van der Waals surface area contributed by atoms with Crippen molar-refractivity contribution in [1.82, 2.24) is 9.91 Å². The summed E-state index contributed by atoms with van der Waals surface area (Å²) >= 11 is 0. The highest BCUT2D eigenvalue weighted by molar-refractivity contribution is 6.03. The van der Waals surface area contributed by atoms with Crippen molar-refractivity contribution in [3.63, 3.8) is 0 Å². The van der Waals surface area contributed by atoms with Crippen LogP contribution < -0.4 is 17.3 Å². The van der Waals surface area contributed by atoms with E-state index in [4.69, 9.17) is 17.3 Å². The van der Waals surface area contributed by atoms with E-state index < -0.39 is 0 Å². The molecule has 0 radical (unpaired) electrons. The van der Waals surface area contributed by atoms with Gasteiger partial charge in [-0.1, -0.05) is 24.8 Å². The molecule has 1 aromatic rings. The van der Waals surface area contributed by atoms with Gasteiger partial charge in [-0.15, -0.1) is 0 Å². The molecule has 1 aromatic carbocycles. The topological polar surface area (TPSA) is 102 Å². The van der Waals surface area contributed by atoms with Crippen molar-refractivity contribution in [2.75, 3.05) is 25.1 Å². The van der Waals surface area contributed by atoms with Gasteiger partial charge in [0.15, 0.2) is 0 Å². The second-order valence-electron chi connectivity index (χ2n) is 5.74. The highest BCUT2D eigenvalue weighted by Gasteiger charge is 2.23. The van der Waals surface area contributed by atoms with Crippen molar-refractivity contribution in [2.45, 2.75) is 32.7 Å². The Morgan fingerprint density at radius 2 is 1.92 bits per heavy atom. The minimum atomic E-state index is -0.386. The van der Waals surface area contributed by atoms with Gasteiger partial charge in [0.1, 0.15) is 0 Å². The van der Waals surface area contributed by atoms with Crippen LogP contribution in [0.2, 0.25) is 0 Å². The fourth-order valence-corrected chi connectivity index (χ4v) is 2.39. The van der Waals surface area contributed by atoms with E-state index >= 15 is 0 Å². The smallest absolute Gasteiger partial charge is 0.272 e. The average molecular weight is 331 g/mol. The molecule has 0 saturated carbocycles. The fraction of sp³-hybridized carbons (Fsp3) is 0.389. The van der Waals surface area contributed by atoms with Crippen molar-refractivity contribution < 1.29 is 4.79 Å². The molecule has 1 amide bonds. The largest absolute Gasteiger partial charge is 0.398 e. The molecule has 6 N–H and O–H groups in total. The van der Waals surface area contributed by atoms with Gasteiger partial charge in [0.05, 0.1) is 11.6 Å². The Balaban J connectivity index is 2.92. The van der Waals surface area contributed by atoms with E-state index in [9.17, 15) is 4.79 Å². The molecule has 0 spiro atoms. The Labute approximate surface area is 144 Å². The Morgan fingerprint density at radius 1 is 1.33 bits per heavy atom. The zero-order valence-corrected chi connectivity index (χ0v) is 14.8. The van der Waals surface area contributed by atoms with E-state index in [1.807, 2.05) is 26.1 Å². The third-order valence-electron chi connectivity index (χ3n) is 4.09. The Hall–Kier alpha value is -2.47. The lowest BCUT2D eigenvalue weighted by Gasteiger charge is -2.28. The Morgan fingerprint density at radius 3 is 2.42 bits per heavy atom. The van der Waals surface area contributed by atoms with Crippen LogP contribution in [0.3, 0.4) is 0 Å². The molecule has 132 valence electrons. The molecule has 1 atom stereocenters. The summed E-state index contributed by atoms with van der Waals surface area (Å²) in [6, 6.07) is 4.72. The second-order valence-corrected chi connectivity index (χ2v) is 5.74. The zero-order chi connectivity index (χ0) is 18.3. The Kier molecular flexibility index (Phi) is 7.32. The summed E-state index contributed by atoms with van der Waals surface area (Å²) < 4.78 is 0. The maximum atomic E-state index is 12.7. The van der Waals surface area contributed by atoms with E-state index in [2.05, 4.69) is 18.4 Å². The van der Waals surface area contributed by atoms with Crippen molar-refractivity contribution in [3.05, 3.63) is 48.2 Å². The van der Waals surface area contributed by atoms with Gasteiger partial charge < -0.3 is 16.4 Å². The van der Waals surface area contributed by atoms with E-state index in [0.717, 1.165) is 18.7 Å². The van der Waals surface area contributed by atoms with Crippen molar-refractivity contribution >= 4 is 17.3 Å². The van der Waals surface area contributed by atoms with Gasteiger partial charge >= 0.3 is 0 Å². The second kappa shape index (κ2) is 8.98. The lowest BCUT2D eigenvalue weighted by atomic mass is 10.1. The molecule has 0 aromatic heterocycles. The summed E-state index contributed by atoms with van der Waals surface area (Å²) in [5.41, 5.74) is 13.7. The van der Waals surface area contributed by atoms with Gasteiger partial charge in [-0.2, -0.15) is 0 Å². The number of amides is 1. The number of carbonyl (C=O) groups excluding carboxylic acids is 1. The van der Waals surface area contributed by atoms with Crippen LogP contribution in [0.5, 0.6) is 0 Å². The maximum Gasteiger partial charge on any atom is 0.272 e. The van der Waals surface area contributed by atoms with Gasteiger partial charge in [-0.05, 0) is 38.8 Å². The lowest BCUT2D eigenvalue weighted by molar-refractivity contribution is 0.0707. The molecule has 0 fully saturated rings. The van der Waals surface area contributed by atoms with Crippen molar-refractivity contribution in [3.8, 4) is 0 Å². The van der Waals surface area contributed by atoms with Gasteiger partial charge in [-0.25, -0.2) is 5.84 Å². The normalized spacial score (nSPS) is 12.2. The monoisotopic (exact) mass is 331 g/mol. The SMILES string of the molecule is C=C(CCC(/C=C/C)N(N)C(=O)c1c(N)cccc1N)N(C)CC. The molecule has 0 aliphatic rings. The van der Waals surface area contributed by atoms with Crippen LogP contribution in [-0.4, -0.2) is 35.5 Å². The molecule has 0 aliphatic heterocycles. The first kappa shape index (κ1) is 19.6. The number of hydrazine groups is 1. The molecule has 0 bridgehead atoms. The minimum Gasteiger partial charge on any atom is -0.398 e. The number of nitrogens with two attached hydrogens (primary N) is 3. The maximum absolute atomic E-state index is 12.7. The van der Waals surface area contributed by atoms with E-state index in [1.54, 1.807) is 18.2 Å². The molecule has 1 unspecified atom stereocenters. The summed E-state index contributed by atoms with van der Waals surface area (Å²) in [4.78, 5) is 14.8. The van der Waals surface area contributed by atoms with Gasteiger partial charge in [0, 0.05) is 30.7 Å². The molecular weight excluding hydrogens is 302 g/mol. The molecule has 24 heavy (non-hydrogen) atoms. The van der Waals surface area contributed by atoms with Gasteiger partial charge in [0.2, 0.25) is 0 Å².